The van der Waals surface area contributed by atoms with E-state index in [0.29, 0.717) is 19.1 Å². The van der Waals surface area contributed by atoms with Gasteiger partial charge in [-0.05, 0) is 35.3 Å². The van der Waals surface area contributed by atoms with Crippen molar-refractivity contribution in [3.8, 4) is 0 Å². The van der Waals surface area contributed by atoms with Gasteiger partial charge in [-0.15, -0.1) is 0 Å². The summed E-state index contributed by atoms with van der Waals surface area (Å²) in [6.07, 6.45) is 3.43. The fourth-order valence-corrected chi connectivity index (χ4v) is 3.00. The van der Waals surface area contributed by atoms with Crippen LogP contribution in [0.3, 0.4) is 0 Å². The lowest BCUT2D eigenvalue weighted by Crippen LogP contribution is -2.36. The Balaban J connectivity index is 1.66. The van der Waals surface area contributed by atoms with Crippen molar-refractivity contribution in [2.24, 2.45) is 0 Å². The van der Waals surface area contributed by atoms with Gasteiger partial charge in [0.1, 0.15) is 0 Å². The summed E-state index contributed by atoms with van der Waals surface area (Å²) >= 11 is 0. The number of amides is 1. The summed E-state index contributed by atoms with van der Waals surface area (Å²) in [5, 5.41) is 3.00. The van der Waals surface area contributed by atoms with Gasteiger partial charge in [-0.1, -0.05) is 50.2 Å². The lowest BCUT2D eigenvalue weighted by Gasteiger charge is -2.30. The van der Waals surface area contributed by atoms with Crippen molar-refractivity contribution in [2.75, 3.05) is 36.5 Å². The smallest absolute Gasteiger partial charge is 0.248 e. The first-order valence-electron chi connectivity index (χ1n) is 9.14. The third kappa shape index (κ3) is 4.73. The van der Waals surface area contributed by atoms with Gasteiger partial charge in [0.15, 0.2) is 0 Å². The fourth-order valence-electron chi connectivity index (χ4n) is 3.00. The summed E-state index contributed by atoms with van der Waals surface area (Å²) < 4.78 is 5.41. The lowest BCUT2D eigenvalue weighted by molar-refractivity contribution is -0.111. The van der Waals surface area contributed by atoms with Crippen molar-refractivity contribution in [3.05, 3.63) is 65.7 Å². The summed E-state index contributed by atoms with van der Waals surface area (Å²) in [6, 6.07) is 16.2. The molecule has 0 saturated carbocycles. The molecule has 1 saturated heterocycles. The van der Waals surface area contributed by atoms with Gasteiger partial charge in [0.05, 0.1) is 24.6 Å². The Morgan fingerprint density at radius 3 is 2.46 bits per heavy atom. The molecule has 1 aliphatic rings. The maximum atomic E-state index is 12.4. The Morgan fingerprint density at radius 2 is 1.77 bits per heavy atom. The van der Waals surface area contributed by atoms with Crippen LogP contribution in [0, 0.1) is 0 Å². The zero-order chi connectivity index (χ0) is 18.4. The van der Waals surface area contributed by atoms with E-state index in [4.69, 9.17) is 4.74 Å². The molecule has 26 heavy (non-hydrogen) atoms. The number of nitrogens with zero attached hydrogens (tertiary/aromatic N) is 1. The zero-order valence-corrected chi connectivity index (χ0v) is 15.4. The Kier molecular flexibility index (Phi) is 6.08. The highest BCUT2D eigenvalue weighted by molar-refractivity contribution is 6.03. The van der Waals surface area contributed by atoms with Crippen molar-refractivity contribution in [3.63, 3.8) is 0 Å². The monoisotopic (exact) mass is 350 g/mol. The maximum absolute atomic E-state index is 12.4. The molecule has 1 aliphatic heterocycles. The summed E-state index contributed by atoms with van der Waals surface area (Å²) in [7, 11) is 0. The molecule has 0 unspecified atom stereocenters. The molecule has 0 aromatic heterocycles. The van der Waals surface area contributed by atoms with Crippen molar-refractivity contribution < 1.29 is 9.53 Å². The molecule has 0 spiro atoms. The largest absolute Gasteiger partial charge is 0.378 e. The number of hydrogen-bond donors (Lipinski definition) is 1. The van der Waals surface area contributed by atoms with Gasteiger partial charge in [-0.25, -0.2) is 0 Å². The Hall–Kier alpha value is -2.59. The minimum Gasteiger partial charge on any atom is -0.378 e. The first kappa shape index (κ1) is 18.2. The summed E-state index contributed by atoms with van der Waals surface area (Å²) in [5.74, 6) is 0.381. The van der Waals surface area contributed by atoms with E-state index in [1.54, 1.807) is 6.08 Å². The number of hydrogen-bond acceptors (Lipinski definition) is 3. The number of anilines is 2. The molecular formula is C22H26N2O2. The quantitative estimate of drug-likeness (QED) is 0.818. The van der Waals surface area contributed by atoms with Gasteiger partial charge in [-0.3, -0.25) is 4.79 Å². The predicted octanol–water partition coefficient (Wildman–Crippen LogP) is 4.30. The molecule has 1 amide bonds. The zero-order valence-electron chi connectivity index (χ0n) is 15.4. The van der Waals surface area contributed by atoms with E-state index in [-0.39, 0.29) is 5.91 Å². The van der Waals surface area contributed by atoms with Crippen LogP contribution in [0.15, 0.2) is 54.6 Å². The van der Waals surface area contributed by atoms with Crippen molar-refractivity contribution in [2.45, 2.75) is 19.8 Å². The number of carbonyl (C=O) groups excluding carboxylic acids is 1. The van der Waals surface area contributed by atoms with E-state index in [2.05, 4.69) is 36.2 Å². The summed E-state index contributed by atoms with van der Waals surface area (Å²) in [4.78, 5) is 14.6. The average Bonchev–Trinajstić information content (AvgIpc) is 2.68. The van der Waals surface area contributed by atoms with E-state index in [0.717, 1.165) is 30.0 Å². The van der Waals surface area contributed by atoms with E-state index in [1.165, 1.54) is 5.56 Å². The molecule has 4 nitrogen and oxygen atoms in total. The minimum absolute atomic E-state index is 0.126. The van der Waals surface area contributed by atoms with Crippen molar-refractivity contribution in [1.82, 2.24) is 0 Å². The van der Waals surface area contributed by atoms with Gasteiger partial charge < -0.3 is 15.0 Å². The highest BCUT2D eigenvalue weighted by Gasteiger charge is 2.15. The molecule has 4 heteroatoms. The number of nitrogens with one attached hydrogen (secondary N) is 1. The van der Waals surface area contributed by atoms with Gasteiger partial charge in [-0.2, -0.15) is 0 Å². The van der Waals surface area contributed by atoms with Crippen LogP contribution in [0.5, 0.6) is 0 Å². The van der Waals surface area contributed by atoms with Crippen LogP contribution in [0.2, 0.25) is 0 Å². The van der Waals surface area contributed by atoms with E-state index in [9.17, 15) is 4.79 Å². The molecule has 136 valence electrons. The molecule has 0 bridgehead atoms. The summed E-state index contributed by atoms with van der Waals surface area (Å²) in [6.45, 7) is 7.45. The first-order chi connectivity index (χ1) is 12.6. The Morgan fingerprint density at radius 1 is 1.08 bits per heavy atom. The van der Waals surface area contributed by atoms with Gasteiger partial charge >= 0.3 is 0 Å². The Bertz CT molecular complexity index is 760. The van der Waals surface area contributed by atoms with E-state index < -0.39 is 0 Å². The molecule has 1 heterocycles. The third-order valence-corrected chi connectivity index (χ3v) is 4.54. The topological polar surface area (TPSA) is 41.6 Å². The lowest BCUT2D eigenvalue weighted by atomic mass is 10.0. The first-order valence-corrected chi connectivity index (χ1v) is 9.14. The molecule has 0 atom stereocenters. The minimum atomic E-state index is -0.126. The maximum Gasteiger partial charge on any atom is 0.248 e. The van der Waals surface area contributed by atoms with Crippen LogP contribution in [0.25, 0.3) is 6.08 Å². The second-order valence-corrected chi connectivity index (χ2v) is 6.76. The number of benzene rings is 2. The normalized spacial score (nSPS) is 14.8. The second-order valence-electron chi connectivity index (χ2n) is 6.76. The van der Waals surface area contributed by atoms with Gasteiger partial charge in [0.2, 0.25) is 5.91 Å². The molecular weight excluding hydrogens is 324 g/mol. The third-order valence-electron chi connectivity index (χ3n) is 4.54. The molecule has 1 fully saturated rings. The van der Waals surface area contributed by atoms with Crippen LogP contribution < -0.4 is 10.2 Å². The molecule has 2 aromatic carbocycles. The predicted molar refractivity (Wildman–Crippen MR) is 108 cm³/mol. The van der Waals surface area contributed by atoms with Gasteiger partial charge in [0, 0.05) is 19.2 Å². The van der Waals surface area contributed by atoms with Gasteiger partial charge in [0.25, 0.3) is 0 Å². The number of carbonyl (C=O) groups is 1. The number of para-hydroxylation sites is 2. The number of morpholine rings is 1. The van der Waals surface area contributed by atoms with Crippen LogP contribution in [0.4, 0.5) is 11.4 Å². The Labute approximate surface area is 155 Å². The van der Waals surface area contributed by atoms with E-state index >= 15 is 0 Å². The van der Waals surface area contributed by atoms with E-state index in [1.807, 2.05) is 42.5 Å². The second kappa shape index (κ2) is 8.68. The average molecular weight is 350 g/mol. The fraction of sp³-hybridized carbons (Fsp3) is 0.318. The van der Waals surface area contributed by atoms with Crippen molar-refractivity contribution >= 4 is 23.4 Å². The van der Waals surface area contributed by atoms with Crippen LogP contribution in [0.1, 0.15) is 30.9 Å². The molecule has 0 radical (unpaired) electrons. The number of rotatable bonds is 5. The van der Waals surface area contributed by atoms with Crippen LogP contribution >= 0.6 is 0 Å². The molecule has 3 rings (SSSR count). The highest BCUT2D eigenvalue weighted by atomic mass is 16.5. The summed E-state index contributed by atoms with van der Waals surface area (Å²) in [5.41, 5.74) is 4.19. The molecule has 0 aliphatic carbocycles. The number of ether oxygens (including phenoxy) is 1. The van der Waals surface area contributed by atoms with Crippen molar-refractivity contribution in [1.29, 1.82) is 0 Å². The highest BCUT2D eigenvalue weighted by Crippen LogP contribution is 2.26. The molecule has 2 aromatic rings. The SMILES string of the molecule is CC(C)c1ccc(/C=C/C(=O)Nc2ccccc2N2CCOCC2)cc1. The molecule has 1 N–H and O–H groups in total. The standard InChI is InChI=1S/C22H26N2O2/c1-17(2)19-10-7-18(8-11-19)9-12-22(25)23-20-5-3-4-6-21(20)24-13-15-26-16-14-24/h3-12,17H,13-16H2,1-2H3,(H,23,25)/b12-9+. The van der Waals surface area contributed by atoms with Crippen LogP contribution in [-0.4, -0.2) is 32.2 Å². The van der Waals surface area contributed by atoms with Crippen LogP contribution in [-0.2, 0) is 9.53 Å².